The van der Waals surface area contributed by atoms with E-state index in [4.69, 9.17) is 4.74 Å². The highest BCUT2D eigenvalue weighted by atomic mass is 16.5. The van der Waals surface area contributed by atoms with E-state index >= 15 is 0 Å². The molecule has 0 N–H and O–H groups in total. The van der Waals surface area contributed by atoms with Crippen LogP contribution in [0.15, 0.2) is 48.5 Å². The van der Waals surface area contributed by atoms with Gasteiger partial charge >= 0.3 is 5.97 Å². The van der Waals surface area contributed by atoms with E-state index in [0.717, 1.165) is 22.3 Å². The number of hydrogen-bond donors (Lipinski definition) is 0. The normalized spacial score (nSPS) is 25.8. The van der Waals surface area contributed by atoms with Crippen LogP contribution in [0.25, 0.3) is 0 Å². The number of hydrogen-bond acceptors (Lipinski definition) is 4. The van der Waals surface area contributed by atoms with E-state index in [-0.39, 0.29) is 11.8 Å². The van der Waals surface area contributed by atoms with Crippen molar-refractivity contribution in [3.63, 3.8) is 0 Å². The lowest BCUT2D eigenvalue weighted by Crippen LogP contribution is -2.51. The molecule has 3 aliphatic carbocycles. The molecule has 0 radical (unpaired) electrons. The molecule has 3 aliphatic rings. The van der Waals surface area contributed by atoms with Crippen molar-refractivity contribution < 1.29 is 19.4 Å². The van der Waals surface area contributed by atoms with Gasteiger partial charge in [0.05, 0.1) is 12.5 Å². The molecule has 0 spiro atoms. The number of rotatable bonds is 4. The monoisotopic (exact) mass is 335 g/mol. The Morgan fingerprint density at radius 2 is 1.32 bits per heavy atom. The maximum absolute atomic E-state index is 12.8. The maximum Gasteiger partial charge on any atom is 0.310 e. The fraction of sp³-hybridized carbons (Fsp3) is 0.333. The summed E-state index contributed by atoms with van der Waals surface area (Å²) in [4.78, 5) is 24.8. The van der Waals surface area contributed by atoms with Gasteiger partial charge in [-0.3, -0.25) is 4.79 Å². The summed E-state index contributed by atoms with van der Waals surface area (Å²) in [5.74, 6) is -3.94. The predicted octanol–water partition coefficient (Wildman–Crippen LogP) is 2.21. The molecule has 0 saturated heterocycles. The largest absolute Gasteiger partial charge is 0.550 e. The Hall–Kier alpha value is -2.62. The van der Waals surface area contributed by atoms with Crippen molar-refractivity contribution in [3.8, 4) is 0 Å². The topological polar surface area (TPSA) is 66.4 Å². The van der Waals surface area contributed by atoms with Crippen molar-refractivity contribution in [1.82, 2.24) is 0 Å². The highest BCUT2D eigenvalue weighted by molar-refractivity contribution is 5.86. The number of carbonyl (C=O) groups is 2. The third kappa shape index (κ3) is 2.28. The molecule has 0 heterocycles. The molecule has 0 aliphatic heterocycles. The van der Waals surface area contributed by atoms with Crippen LogP contribution >= 0.6 is 0 Å². The van der Waals surface area contributed by atoms with Gasteiger partial charge in [0.15, 0.2) is 0 Å². The van der Waals surface area contributed by atoms with E-state index in [1.165, 1.54) is 0 Å². The van der Waals surface area contributed by atoms with E-state index < -0.39 is 23.8 Å². The lowest BCUT2D eigenvalue weighted by molar-refractivity contribution is -0.314. The standard InChI is InChI=1S/C21H20O4/c1-2-11-25-21(24)19-17-14-9-5-3-7-12(14)16(18(19)20(22)23)13-8-4-6-10-15(13)17/h3-10,16-19H,2,11H2,1H3,(H,22,23)/p-1/t16?,17?,18-,19+/m1/s1. The molecule has 0 saturated carbocycles. The number of carboxylic acids is 1. The smallest absolute Gasteiger partial charge is 0.310 e. The molecule has 4 nitrogen and oxygen atoms in total. The van der Waals surface area contributed by atoms with Gasteiger partial charge in [0, 0.05) is 23.7 Å². The van der Waals surface area contributed by atoms with E-state index in [1.54, 1.807) is 0 Å². The summed E-state index contributed by atoms with van der Waals surface area (Å²) in [5.41, 5.74) is 4.03. The van der Waals surface area contributed by atoms with Gasteiger partial charge in [-0.25, -0.2) is 0 Å². The molecule has 5 rings (SSSR count). The first-order chi connectivity index (χ1) is 12.1. The Kier molecular flexibility index (Phi) is 3.83. The molecule has 0 fully saturated rings. The fourth-order valence-electron chi connectivity index (χ4n) is 4.54. The number of aliphatic carboxylic acids is 1. The minimum absolute atomic E-state index is 0.301. The van der Waals surface area contributed by atoms with Crippen LogP contribution in [0.3, 0.4) is 0 Å². The van der Waals surface area contributed by atoms with E-state index in [0.29, 0.717) is 13.0 Å². The Morgan fingerprint density at radius 3 is 1.72 bits per heavy atom. The molecule has 2 aromatic rings. The Balaban J connectivity index is 1.92. The number of benzene rings is 2. The van der Waals surface area contributed by atoms with Crippen LogP contribution in [0, 0.1) is 11.8 Å². The number of ether oxygens (including phenoxy) is 1. The van der Waals surface area contributed by atoms with E-state index in [1.807, 2.05) is 55.5 Å². The van der Waals surface area contributed by atoms with Gasteiger partial charge in [0.25, 0.3) is 0 Å². The molecule has 2 aromatic carbocycles. The Morgan fingerprint density at radius 1 is 0.880 bits per heavy atom. The number of esters is 1. The van der Waals surface area contributed by atoms with Gasteiger partial charge in [0.1, 0.15) is 0 Å². The van der Waals surface area contributed by atoms with Gasteiger partial charge in [0.2, 0.25) is 0 Å². The third-order valence-corrected chi connectivity index (χ3v) is 5.43. The first-order valence-corrected chi connectivity index (χ1v) is 8.70. The van der Waals surface area contributed by atoms with Gasteiger partial charge in [-0.2, -0.15) is 0 Å². The SMILES string of the molecule is CCCOC(=O)[C@H]1C2c3ccccc3C(c3ccccc32)[C@H]1C(=O)[O-]. The second-order valence-electron chi connectivity index (χ2n) is 6.75. The van der Waals surface area contributed by atoms with Crippen LogP contribution in [0.1, 0.15) is 47.4 Å². The molecule has 0 unspecified atom stereocenters. The molecule has 4 heteroatoms. The lowest BCUT2D eigenvalue weighted by atomic mass is 9.54. The van der Waals surface area contributed by atoms with Crippen LogP contribution in [0.2, 0.25) is 0 Å². The molecule has 0 aromatic heterocycles. The van der Waals surface area contributed by atoms with E-state index in [2.05, 4.69) is 0 Å². The van der Waals surface area contributed by atoms with Gasteiger partial charge in [-0.05, 0) is 28.7 Å². The summed E-state index contributed by atoms with van der Waals surface area (Å²) in [6.45, 7) is 2.22. The summed E-state index contributed by atoms with van der Waals surface area (Å²) >= 11 is 0. The van der Waals surface area contributed by atoms with Crippen molar-refractivity contribution in [2.24, 2.45) is 11.8 Å². The number of carboxylic acid groups (broad SMARTS) is 1. The molecular formula is C21H19O4-. The number of fused-ring (bicyclic) bond motifs is 1. The summed E-state index contributed by atoms with van der Waals surface area (Å²) in [5, 5.41) is 12.0. The third-order valence-electron chi connectivity index (χ3n) is 5.43. The maximum atomic E-state index is 12.8. The molecule has 128 valence electrons. The van der Waals surface area contributed by atoms with Gasteiger partial charge < -0.3 is 14.6 Å². The zero-order valence-electron chi connectivity index (χ0n) is 14.0. The summed E-state index contributed by atoms with van der Waals surface area (Å²) in [6, 6.07) is 15.6. The second kappa shape index (κ2) is 6.03. The minimum Gasteiger partial charge on any atom is -0.550 e. The van der Waals surface area contributed by atoms with Crippen LogP contribution < -0.4 is 5.11 Å². The Labute approximate surface area is 146 Å². The average Bonchev–Trinajstić information content (AvgIpc) is 2.65. The lowest BCUT2D eigenvalue weighted by Gasteiger charge is -2.49. The zero-order chi connectivity index (χ0) is 17.6. The quantitative estimate of drug-likeness (QED) is 0.804. The predicted molar refractivity (Wildman–Crippen MR) is 89.8 cm³/mol. The first-order valence-electron chi connectivity index (χ1n) is 8.70. The van der Waals surface area contributed by atoms with Crippen LogP contribution in [-0.2, 0) is 14.3 Å². The molecular weight excluding hydrogens is 316 g/mol. The van der Waals surface area contributed by atoms with Crippen molar-refractivity contribution in [2.75, 3.05) is 6.61 Å². The summed E-state index contributed by atoms with van der Waals surface area (Å²) in [7, 11) is 0. The van der Waals surface area contributed by atoms with Crippen LogP contribution in [-0.4, -0.2) is 18.5 Å². The molecule has 2 bridgehead atoms. The van der Waals surface area contributed by atoms with Crippen molar-refractivity contribution in [2.45, 2.75) is 25.2 Å². The van der Waals surface area contributed by atoms with Crippen LogP contribution in [0.5, 0.6) is 0 Å². The average molecular weight is 335 g/mol. The van der Waals surface area contributed by atoms with Crippen LogP contribution in [0.4, 0.5) is 0 Å². The van der Waals surface area contributed by atoms with Crippen molar-refractivity contribution in [1.29, 1.82) is 0 Å². The van der Waals surface area contributed by atoms with E-state index in [9.17, 15) is 14.7 Å². The number of carbonyl (C=O) groups excluding carboxylic acids is 2. The highest BCUT2D eigenvalue weighted by Crippen LogP contribution is 2.58. The first kappa shape index (κ1) is 15.9. The second-order valence-corrected chi connectivity index (χ2v) is 6.75. The van der Waals surface area contributed by atoms with Gasteiger partial charge in [-0.1, -0.05) is 55.5 Å². The highest BCUT2D eigenvalue weighted by Gasteiger charge is 2.53. The summed E-state index contributed by atoms with van der Waals surface area (Å²) < 4.78 is 5.36. The zero-order valence-corrected chi connectivity index (χ0v) is 14.0. The van der Waals surface area contributed by atoms with Crippen molar-refractivity contribution in [3.05, 3.63) is 70.8 Å². The molecule has 2 atom stereocenters. The molecule has 0 amide bonds. The van der Waals surface area contributed by atoms with Gasteiger partial charge in [-0.15, -0.1) is 0 Å². The minimum atomic E-state index is -1.18. The fourth-order valence-corrected chi connectivity index (χ4v) is 4.54. The summed E-state index contributed by atoms with van der Waals surface area (Å²) in [6.07, 6.45) is 0.704. The Bertz CT molecular complexity index is 794. The molecule has 25 heavy (non-hydrogen) atoms. The van der Waals surface area contributed by atoms with Crippen molar-refractivity contribution >= 4 is 11.9 Å².